The SMILES string of the molecule is C=C(/C=C\CCC)NC(=O)Cn1cc(C(C)C)c(C)n1. The van der Waals surface area contributed by atoms with Crippen molar-refractivity contribution in [3.63, 3.8) is 0 Å². The lowest BCUT2D eigenvalue weighted by Gasteiger charge is -2.05. The molecule has 0 aliphatic carbocycles. The Morgan fingerprint density at radius 3 is 2.80 bits per heavy atom. The molecule has 0 aliphatic rings. The molecule has 4 heteroatoms. The fraction of sp³-hybridized carbons (Fsp3) is 0.500. The first-order chi connectivity index (χ1) is 9.43. The van der Waals surface area contributed by atoms with Crippen LogP contribution in [0.15, 0.2) is 30.6 Å². The summed E-state index contributed by atoms with van der Waals surface area (Å²) in [6.07, 6.45) is 7.87. The summed E-state index contributed by atoms with van der Waals surface area (Å²) in [6.45, 7) is 12.3. The van der Waals surface area contributed by atoms with Gasteiger partial charge in [-0.25, -0.2) is 0 Å². The normalized spacial score (nSPS) is 11.2. The second-order valence-electron chi connectivity index (χ2n) is 5.29. The van der Waals surface area contributed by atoms with Crippen molar-refractivity contribution in [2.75, 3.05) is 0 Å². The highest BCUT2D eigenvalue weighted by Crippen LogP contribution is 2.17. The Hall–Kier alpha value is -1.84. The van der Waals surface area contributed by atoms with E-state index >= 15 is 0 Å². The Morgan fingerprint density at radius 1 is 1.55 bits per heavy atom. The zero-order chi connectivity index (χ0) is 15.1. The molecule has 4 nitrogen and oxygen atoms in total. The van der Waals surface area contributed by atoms with Crippen LogP contribution in [-0.2, 0) is 11.3 Å². The minimum atomic E-state index is -0.103. The van der Waals surface area contributed by atoms with Crippen LogP contribution < -0.4 is 5.32 Å². The van der Waals surface area contributed by atoms with E-state index in [4.69, 9.17) is 0 Å². The quantitative estimate of drug-likeness (QED) is 0.776. The van der Waals surface area contributed by atoms with Gasteiger partial charge in [0.2, 0.25) is 5.91 Å². The third-order valence-corrected chi connectivity index (χ3v) is 2.99. The fourth-order valence-electron chi connectivity index (χ4n) is 1.98. The minimum Gasteiger partial charge on any atom is -0.325 e. The van der Waals surface area contributed by atoms with Crippen LogP contribution in [0.3, 0.4) is 0 Å². The van der Waals surface area contributed by atoms with E-state index in [2.05, 4.69) is 37.8 Å². The van der Waals surface area contributed by atoms with Gasteiger partial charge in [0, 0.05) is 11.9 Å². The number of hydrogen-bond acceptors (Lipinski definition) is 2. The van der Waals surface area contributed by atoms with E-state index < -0.39 is 0 Å². The molecule has 0 fully saturated rings. The lowest BCUT2D eigenvalue weighted by atomic mass is 10.1. The number of rotatable bonds is 7. The van der Waals surface area contributed by atoms with E-state index in [0.29, 0.717) is 11.6 Å². The van der Waals surface area contributed by atoms with Crippen LogP contribution in [-0.4, -0.2) is 15.7 Å². The van der Waals surface area contributed by atoms with Gasteiger partial charge in [-0.1, -0.05) is 39.8 Å². The van der Waals surface area contributed by atoms with E-state index in [9.17, 15) is 4.79 Å². The van der Waals surface area contributed by atoms with Gasteiger partial charge in [0.25, 0.3) is 0 Å². The van der Waals surface area contributed by atoms with Gasteiger partial charge in [-0.2, -0.15) is 5.10 Å². The van der Waals surface area contributed by atoms with Gasteiger partial charge in [-0.3, -0.25) is 9.48 Å². The fourth-order valence-corrected chi connectivity index (χ4v) is 1.98. The number of amides is 1. The van der Waals surface area contributed by atoms with Gasteiger partial charge < -0.3 is 5.32 Å². The minimum absolute atomic E-state index is 0.103. The predicted octanol–water partition coefficient (Wildman–Crippen LogP) is 3.30. The molecule has 0 aromatic carbocycles. The van der Waals surface area contributed by atoms with Crippen LogP contribution in [0, 0.1) is 6.92 Å². The Balaban J connectivity index is 2.54. The molecule has 1 N–H and O–H groups in total. The first kappa shape index (κ1) is 16.2. The number of carbonyl (C=O) groups excluding carboxylic acids is 1. The number of aryl methyl sites for hydroxylation is 1. The summed E-state index contributed by atoms with van der Waals surface area (Å²) in [4.78, 5) is 11.9. The molecule has 0 saturated carbocycles. The number of aromatic nitrogens is 2. The molecular weight excluding hydrogens is 250 g/mol. The van der Waals surface area contributed by atoms with Crippen molar-refractivity contribution in [2.45, 2.75) is 53.0 Å². The Morgan fingerprint density at radius 2 is 2.25 bits per heavy atom. The maximum Gasteiger partial charge on any atom is 0.246 e. The summed E-state index contributed by atoms with van der Waals surface area (Å²) in [5, 5.41) is 7.13. The van der Waals surface area contributed by atoms with Crippen LogP contribution in [0.1, 0.15) is 50.8 Å². The molecule has 0 radical (unpaired) electrons. The average Bonchev–Trinajstić information content (AvgIpc) is 2.70. The van der Waals surface area contributed by atoms with Gasteiger partial charge in [0.15, 0.2) is 0 Å². The van der Waals surface area contributed by atoms with Crippen LogP contribution in [0.4, 0.5) is 0 Å². The molecule has 1 aromatic heterocycles. The topological polar surface area (TPSA) is 46.9 Å². The first-order valence-corrected chi connectivity index (χ1v) is 7.13. The Bertz CT molecular complexity index is 498. The number of hydrogen-bond donors (Lipinski definition) is 1. The third kappa shape index (κ3) is 5.03. The largest absolute Gasteiger partial charge is 0.325 e. The van der Waals surface area contributed by atoms with Crippen molar-refractivity contribution in [2.24, 2.45) is 0 Å². The highest BCUT2D eigenvalue weighted by atomic mass is 16.2. The van der Waals surface area contributed by atoms with Gasteiger partial charge in [-0.15, -0.1) is 0 Å². The van der Waals surface area contributed by atoms with E-state index in [1.807, 2.05) is 25.3 Å². The Labute approximate surface area is 121 Å². The van der Waals surface area contributed by atoms with Crippen molar-refractivity contribution in [3.8, 4) is 0 Å². The number of carbonyl (C=O) groups is 1. The molecule has 0 aliphatic heterocycles. The molecule has 0 spiro atoms. The zero-order valence-corrected chi connectivity index (χ0v) is 12.9. The molecular formula is C16H25N3O. The monoisotopic (exact) mass is 275 g/mol. The van der Waals surface area contributed by atoms with Crippen molar-refractivity contribution >= 4 is 5.91 Å². The van der Waals surface area contributed by atoms with Crippen LogP contribution >= 0.6 is 0 Å². The summed E-state index contributed by atoms with van der Waals surface area (Å²) in [6, 6.07) is 0. The molecule has 0 saturated heterocycles. The van der Waals surface area contributed by atoms with Crippen molar-refractivity contribution in [3.05, 3.63) is 41.9 Å². The average molecular weight is 275 g/mol. The van der Waals surface area contributed by atoms with Crippen LogP contribution in [0.5, 0.6) is 0 Å². The van der Waals surface area contributed by atoms with Gasteiger partial charge in [0.05, 0.1) is 5.69 Å². The first-order valence-electron chi connectivity index (χ1n) is 7.13. The summed E-state index contributed by atoms with van der Waals surface area (Å²) in [5.41, 5.74) is 2.78. The van der Waals surface area contributed by atoms with Crippen LogP contribution in [0.25, 0.3) is 0 Å². The number of nitrogens with one attached hydrogen (secondary N) is 1. The standard InChI is InChI=1S/C16H25N3O/c1-6-7-8-9-13(4)17-16(20)11-19-10-15(12(2)3)14(5)18-19/h8-10,12H,4,6-7,11H2,1-3,5H3,(H,17,20)/b9-8-. The van der Waals surface area contributed by atoms with Gasteiger partial charge >= 0.3 is 0 Å². The lowest BCUT2D eigenvalue weighted by molar-refractivity contribution is -0.121. The predicted molar refractivity (Wildman–Crippen MR) is 82.4 cm³/mol. The van der Waals surface area contributed by atoms with E-state index in [1.165, 1.54) is 5.56 Å². The van der Waals surface area contributed by atoms with Crippen LogP contribution in [0.2, 0.25) is 0 Å². The van der Waals surface area contributed by atoms with Gasteiger partial charge in [0.1, 0.15) is 6.54 Å². The number of nitrogens with zero attached hydrogens (tertiary/aromatic N) is 2. The van der Waals surface area contributed by atoms with E-state index in [-0.39, 0.29) is 12.5 Å². The molecule has 1 heterocycles. The molecule has 0 bridgehead atoms. The van der Waals surface area contributed by atoms with E-state index in [1.54, 1.807) is 4.68 Å². The molecule has 1 amide bonds. The molecule has 1 rings (SSSR count). The third-order valence-electron chi connectivity index (χ3n) is 2.99. The van der Waals surface area contributed by atoms with Crippen molar-refractivity contribution in [1.29, 1.82) is 0 Å². The highest BCUT2D eigenvalue weighted by molar-refractivity contribution is 5.77. The molecule has 110 valence electrons. The lowest BCUT2D eigenvalue weighted by Crippen LogP contribution is -2.26. The van der Waals surface area contributed by atoms with Gasteiger partial charge in [-0.05, 0) is 30.9 Å². The second-order valence-corrected chi connectivity index (χ2v) is 5.29. The summed E-state index contributed by atoms with van der Waals surface area (Å²) in [5.74, 6) is 0.313. The van der Waals surface area contributed by atoms with Crippen molar-refractivity contribution < 1.29 is 4.79 Å². The summed E-state index contributed by atoms with van der Waals surface area (Å²) in [7, 11) is 0. The molecule has 20 heavy (non-hydrogen) atoms. The molecule has 0 unspecified atom stereocenters. The Kier molecular flexibility index (Phi) is 6.22. The summed E-state index contributed by atoms with van der Waals surface area (Å²) >= 11 is 0. The molecule has 0 atom stereocenters. The summed E-state index contributed by atoms with van der Waals surface area (Å²) < 4.78 is 1.68. The molecule has 1 aromatic rings. The zero-order valence-electron chi connectivity index (χ0n) is 12.9. The maximum absolute atomic E-state index is 11.9. The number of unbranched alkanes of at least 4 members (excludes halogenated alkanes) is 1. The maximum atomic E-state index is 11.9. The second kappa shape index (κ2) is 7.68. The smallest absolute Gasteiger partial charge is 0.246 e. The number of allylic oxidation sites excluding steroid dienone is 2. The highest BCUT2D eigenvalue weighted by Gasteiger charge is 2.10. The van der Waals surface area contributed by atoms with Crippen molar-refractivity contribution in [1.82, 2.24) is 15.1 Å². The van der Waals surface area contributed by atoms with E-state index in [0.717, 1.165) is 18.5 Å².